The molecule has 1 heterocycles. The molecule has 3 aromatic rings. The lowest BCUT2D eigenvalue weighted by atomic mass is 9.87. The fourth-order valence-corrected chi connectivity index (χ4v) is 4.43. The van der Waals surface area contributed by atoms with Crippen LogP contribution >= 0.6 is 0 Å². The van der Waals surface area contributed by atoms with Crippen LogP contribution in [0.15, 0.2) is 72.8 Å². The van der Waals surface area contributed by atoms with Crippen LogP contribution in [-0.4, -0.2) is 17.9 Å². The summed E-state index contributed by atoms with van der Waals surface area (Å²) in [5.41, 5.74) is 2.29. The number of carbonyl (C=O) groups is 1. The molecule has 1 fully saturated rings. The van der Waals surface area contributed by atoms with Crippen LogP contribution < -0.4 is 14.5 Å². The number of rotatable bonds is 4. The smallest absolute Gasteiger partial charge is 0.406 e. The van der Waals surface area contributed by atoms with Crippen LogP contribution in [0.25, 0.3) is 0 Å². The van der Waals surface area contributed by atoms with Crippen molar-refractivity contribution in [2.45, 2.75) is 38.7 Å². The van der Waals surface area contributed by atoms with E-state index < -0.39 is 17.9 Å². The number of hydrogen-bond acceptors (Lipinski definition) is 3. The van der Waals surface area contributed by atoms with E-state index in [-0.39, 0.29) is 11.8 Å². The van der Waals surface area contributed by atoms with Crippen LogP contribution in [0.4, 0.5) is 29.3 Å². The van der Waals surface area contributed by atoms with Crippen molar-refractivity contribution >= 4 is 17.4 Å². The van der Waals surface area contributed by atoms with Crippen molar-refractivity contribution < 1.29 is 22.7 Å². The summed E-state index contributed by atoms with van der Waals surface area (Å²) < 4.78 is 42.8. The van der Waals surface area contributed by atoms with E-state index in [0.717, 1.165) is 5.56 Å². The monoisotopic (exact) mass is 465 g/mol. The van der Waals surface area contributed by atoms with Gasteiger partial charge in [-0.1, -0.05) is 29.8 Å². The Hall–Kier alpha value is -3.99. The Morgan fingerprint density at radius 1 is 0.971 bits per heavy atom. The third kappa shape index (κ3) is 4.29. The molecule has 3 aromatic carbocycles. The SMILES string of the molecule is Cc1ccc(N2C(=O)N(c3ccc(C#N)cc3)C(C)(C)[C@@H]2c2cccc(OC(F)(F)F)c2)cc1. The molecule has 1 saturated heterocycles. The first-order valence-corrected chi connectivity index (χ1v) is 10.6. The molecule has 0 N–H and O–H groups in total. The van der Waals surface area contributed by atoms with Gasteiger partial charge in [0, 0.05) is 11.4 Å². The molecule has 0 bridgehead atoms. The van der Waals surface area contributed by atoms with Crippen LogP contribution in [-0.2, 0) is 0 Å². The fraction of sp³-hybridized carbons (Fsp3) is 0.231. The van der Waals surface area contributed by atoms with Gasteiger partial charge < -0.3 is 4.74 Å². The molecule has 1 atom stereocenters. The van der Waals surface area contributed by atoms with Crippen molar-refractivity contribution in [3.05, 3.63) is 89.5 Å². The van der Waals surface area contributed by atoms with Crippen molar-refractivity contribution in [2.75, 3.05) is 9.80 Å². The minimum Gasteiger partial charge on any atom is -0.406 e. The number of anilines is 2. The highest BCUT2D eigenvalue weighted by Gasteiger charge is 2.53. The maximum atomic E-state index is 13.8. The molecule has 2 amide bonds. The Morgan fingerprint density at radius 3 is 2.18 bits per heavy atom. The molecule has 0 aromatic heterocycles. The molecule has 4 rings (SSSR count). The highest BCUT2D eigenvalue weighted by Crippen LogP contribution is 2.48. The Balaban J connectivity index is 1.86. The summed E-state index contributed by atoms with van der Waals surface area (Å²) in [6, 6.07) is 20.8. The number of amides is 2. The summed E-state index contributed by atoms with van der Waals surface area (Å²) in [4.78, 5) is 17.0. The average molecular weight is 465 g/mol. The summed E-state index contributed by atoms with van der Waals surface area (Å²) in [5, 5.41) is 9.13. The van der Waals surface area contributed by atoms with Crippen LogP contribution in [0.5, 0.6) is 5.75 Å². The predicted molar refractivity (Wildman–Crippen MR) is 123 cm³/mol. The Kier molecular flexibility index (Phi) is 5.74. The van der Waals surface area contributed by atoms with Gasteiger partial charge in [-0.3, -0.25) is 9.80 Å². The average Bonchev–Trinajstić information content (AvgIpc) is 2.98. The molecule has 0 unspecified atom stereocenters. The Morgan fingerprint density at radius 2 is 1.59 bits per heavy atom. The molecule has 174 valence electrons. The van der Waals surface area contributed by atoms with Crippen LogP contribution in [0.3, 0.4) is 0 Å². The number of nitrogens with zero attached hydrogens (tertiary/aromatic N) is 3. The van der Waals surface area contributed by atoms with E-state index in [4.69, 9.17) is 5.26 Å². The third-order valence-electron chi connectivity index (χ3n) is 5.88. The van der Waals surface area contributed by atoms with Gasteiger partial charge in [0.2, 0.25) is 0 Å². The summed E-state index contributed by atoms with van der Waals surface area (Å²) in [7, 11) is 0. The zero-order valence-corrected chi connectivity index (χ0v) is 18.8. The topological polar surface area (TPSA) is 56.6 Å². The van der Waals surface area contributed by atoms with Crippen molar-refractivity contribution in [3.8, 4) is 11.8 Å². The highest BCUT2D eigenvalue weighted by atomic mass is 19.4. The maximum absolute atomic E-state index is 13.8. The van der Waals surface area contributed by atoms with E-state index in [0.29, 0.717) is 22.5 Å². The van der Waals surface area contributed by atoms with Gasteiger partial charge in [0.15, 0.2) is 0 Å². The second kappa shape index (κ2) is 8.41. The largest absolute Gasteiger partial charge is 0.573 e. The van der Waals surface area contributed by atoms with Gasteiger partial charge in [-0.2, -0.15) is 5.26 Å². The Bertz CT molecular complexity index is 1250. The minimum absolute atomic E-state index is 0.328. The van der Waals surface area contributed by atoms with Crippen molar-refractivity contribution in [3.63, 3.8) is 0 Å². The lowest BCUT2D eigenvalue weighted by Crippen LogP contribution is -2.43. The number of ether oxygens (including phenoxy) is 1. The zero-order chi connectivity index (χ0) is 24.7. The van der Waals surface area contributed by atoms with Gasteiger partial charge in [0.25, 0.3) is 0 Å². The number of carbonyl (C=O) groups excluding carboxylic acids is 1. The van der Waals surface area contributed by atoms with E-state index in [9.17, 15) is 18.0 Å². The predicted octanol–water partition coefficient (Wildman–Crippen LogP) is 6.73. The standard InChI is InChI=1S/C26H22F3N3O2/c1-17-7-11-20(12-8-17)31-23(19-5-4-6-22(15-19)34-26(27,28)29)25(2,3)32(24(31)33)21-13-9-18(16-30)10-14-21/h4-15,23H,1-3H3/t23-/m0/s1. The number of urea groups is 1. The first-order valence-electron chi connectivity index (χ1n) is 10.6. The number of benzene rings is 3. The number of halogens is 3. The van der Waals surface area contributed by atoms with Crippen molar-refractivity contribution in [2.24, 2.45) is 0 Å². The molecule has 0 aliphatic carbocycles. The lowest BCUT2D eigenvalue weighted by Gasteiger charge is -2.35. The minimum atomic E-state index is -4.83. The summed E-state index contributed by atoms with van der Waals surface area (Å²) in [5.74, 6) is -0.353. The molecule has 5 nitrogen and oxygen atoms in total. The quantitative estimate of drug-likeness (QED) is 0.429. The first-order chi connectivity index (χ1) is 16.0. The van der Waals surface area contributed by atoms with Gasteiger partial charge in [-0.05, 0) is 74.9 Å². The van der Waals surface area contributed by atoms with Crippen molar-refractivity contribution in [1.29, 1.82) is 5.26 Å². The second-order valence-electron chi connectivity index (χ2n) is 8.66. The molecular formula is C26H22F3N3O2. The second-order valence-corrected chi connectivity index (χ2v) is 8.66. The van der Waals surface area contributed by atoms with Crippen LogP contribution in [0.2, 0.25) is 0 Å². The van der Waals surface area contributed by atoms with Gasteiger partial charge >= 0.3 is 12.4 Å². The summed E-state index contributed by atoms with van der Waals surface area (Å²) in [6.45, 7) is 5.65. The van der Waals surface area contributed by atoms with E-state index in [2.05, 4.69) is 10.8 Å². The van der Waals surface area contributed by atoms with E-state index in [1.54, 1.807) is 40.1 Å². The highest BCUT2D eigenvalue weighted by molar-refractivity contribution is 6.08. The normalized spacial score (nSPS) is 17.6. The van der Waals surface area contributed by atoms with E-state index in [1.807, 2.05) is 45.0 Å². The molecule has 34 heavy (non-hydrogen) atoms. The first kappa shape index (κ1) is 23.2. The maximum Gasteiger partial charge on any atom is 0.573 e. The van der Waals surface area contributed by atoms with E-state index in [1.165, 1.54) is 18.2 Å². The van der Waals surface area contributed by atoms with Gasteiger partial charge in [0.05, 0.1) is 23.2 Å². The molecule has 0 radical (unpaired) electrons. The molecular weight excluding hydrogens is 443 g/mol. The molecule has 0 saturated carbocycles. The number of hydrogen-bond donors (Lipinski definition) is 0. The number of nitriles is 1. The van der Waals surface area contributed by atoms with Crippen molar-refractivity contribution in [1.82, 2.24) is 0 Å². The van der Waals surface area contributed by atoms with Crippen LogP contribution in [0, 0.1) is 18.3 Å². The van der Waals surface area contributed by atoms with Gasteiger partial charge in [0.1, 0.15) is 5.75 Å². The lowest BCUT2D eigenvalue weighted by molar-refractivity contribution is -0.274. The molecule has 0 spiro atoms. The van der Waals surface area contributed by atoms with E-state index >= 15 is 0 Å². The number of aryl methyl sites for hydroxylation is 1. The van der Waals surface area contributed by atoms with Gasteiger partial charge in [-0.15, -0.1) is 13.2 Å². The van der Waals surface area contributed by atoms with Crippen LogP contribution in [0.1, 0.15) is 36.6 Å². The Labute approximate surface area is 195 Å². The fourth-order valence-electron chi connectivity index (χ4n) is 4.43. The zero-order valence-electron chi connectivity index (χ0n) is 18.8. The summed E-state index contributed by atoms with van der Waals surface area (Å²) in [6.07, 6.45) is -4.83. The molecule has 8 heteroatoms. The molecule has 1 aliphatic heterocycles. The number of alkyl halides is 3. The van der Waals surface area contributed by atoms with Gasteiger partial charge in [-0.25, -0.2) is 4.79 Å². The summed E-state index contributed by atoms with van der Waals surface area (Å²) >= 11 is 0. The third-order valence-corrected chi connectivity index (χ3v) is 5.88. The molecule has 1 aliphatic rings.